The zero-order valence-electron chi connectivity index (χ0n) is 10.9. The standard InChI is InChI=1S/C13H18N4O/c1-9-6-4-5-7-11(9)10(2)15-13-17-16-12(18-13)8-14-3/h4-7,10,14H,8H2,1-3H3,(H,15,17). The Labute approximate surface area is 107 Å². The summed E-state index contributed by atoms with van der Waals surface area (Å²) >= 11 is 0. The first-order valence-electron chi connectivity index (χ1n) is 5.99. The highest BCUT2D eigenvalue weighted by molar-refractivity contribution is 5.33. The van der Waals surface area contributed by atoms with Gasteiger partial charge in [-0.2, -0.15) is 0 Å². The molecule has 2 N–H and O–H groups in total. The lowest BCUT2D eigenvalue weighted by Gasteiger charge is -2.14. The fourth-order valence-corrected chi connectivity index (χ4v) is 1.87. The van der Waals surface area contributed by atoms with Crippen LogP contribution in [0.5, 0.6) is 0 Å². The molecule has 0 saturated carbocycles. The van der Waals surface area contributed by atoms with Crippen LogP contribution in [0, 0.1) is 6.92 Å². The van der Waals surface area contributed by atoms with Crippen LogP contribution in [0.2, 0.25) is 0 Å². The maximum absolute atomic E-state index is 5.46. The van der Waals surface area contributed by atoms with Gasteiger partial charge in [-0.25, -0.2) is 0 Å². The number of anilines is 1. The van der Waals surface area contributed by atoms with E-state index in [1.54, 1.807) is 0 Å². The molecule has 1 unspecified atom stereocenters. The second-order valence-corrected chi connectivity index (χ2v) is 4.25. The van der Waals surface area contributed by atoms with Crippen LogP contribution in [-0.2, 0) is 6.54 Å². The zero-order valence-corrected chi connectivity index (χ0v) is 10.9. The highest BCUT2D eigenvalue weighted by Crippen LogP contribution is 2.21. The van der Waals surface area contributed by atoms with Gasteiger partial charge in [-0.15, -0.1) is 5.10 Å². The van der Waals surface area contributed by atoms with E-state index in [0.29, 0.717) is 18.5 Å². The summed E-state index contributed by atoms with van der Waals surface area (Å²) in [7, 11) is 1.84. The van der Waals surface area contributed by atoms with Crippen LogP contribution in [0.15, 0.2) is 28.7 Å². The van der Waals surface area contributed by atoms with Crippen LogP contribution in [0.4, 0.5) is 6.01 Å². The number of nitrogens with one attached hydrogen (secondary N) is 2. The third-order valence-corrected chi connectivity index (χ3v) is 2.79. The van der Waals surface area contributed by atoms with E-state index in [4.69, 9.17) is 4.42 Å². The number of rotatable bonds is 5. The van der Waals surface area contributed by atoms with Gasteiger partial charge in [-0.3, -0.25) is 0 Å². The average molecular weight is 246 g/mol. The van der Waals surface area contributed by atoms with E-state index in [1.165, 1.54) is 11.1 Å². The van der Waals surface area contributed by atoms with Gasteiger partial charge in [0.1, 0.15) is 0 Å². The van der Waals surface area contributed by atoms with Crippen molar-refractivity contribution in [2.45, 2.75) is 26.4 Å². The fourth-order valence-electron chi connectivity index (χ4n) is 1.87. The third-order valence-electron chi connectivity index (χ3n) is 2.79. The van der Waals surface area contributed by atoms with Gasteiger partial charge < -0.3 is 15.1 Å². The molecule has 0 aliphatic rings. The normalized spacial score (nSPS) is 12.4. The molecule has 0 amide bonds. The molecular weight excluding hydrogens is 228 g/mol. The molecule has 1 aromatic carbocycles. The van der Waals surface area contributed by atoms with Crippen LogP contribution in [0.1, 0.15) is 30.0 Å². The first-order valence-corrected chi connectivity index (χ1v) is 5.99. The summed E-state index contributed by atoms with van der Waals surface area (Å²) in [6.45, 7) is 4.74. The van der Waals surface area contributed by atoms with Gasteiger partial charge >= 0.3 is 6.01 Å². The van der Waals surface area contributed by atoms with Crippen molar-refractivity contribution in [3.05, 3.63) is 41.3 Å². The number of benzene rings is 1. The van der Waals surface area contributed by atoms with Crippen LogP contribution in [0.25, 0.3) is 0 Å². The molecule has 0 saturated heterocycles. The molecule has 96 valence electrons. The molecule has 0 bridgehead atoms. The highest BCUT2D eigenvalue weighted by Gasteiger charge is 2.11. The molecule has 18 heavy (non-hydrogen) atoms. The Balaban J connectivity index is 2.06. The van der Waals surface area contributed by atoms with Crippen molar-refractivity contribution >= 4 is 6.01 Å². The van der Waals surface area contributed by atoms with Crippen molar-refractivity contribution in [1.82, 2.24) is 15.5 Å². The number of aromatic nitrogens is 2. The molecule has 0 fully saturated rings. The highest BCUT2D eigenvalue weighted by atomic mass is 16.4. The summed E-state index contributed by atoms with van der Waals surface area (Å²) in [5.41, 5.74) is 2.47. The van der Waals surface area contributed by atoms with Gasteiger partial charge in [-0.05, 0) is 32.0 Å². The molecule has 1 atom stereocenters. The van der Waals surface area contributed by atoms with E-state index in [-0.39, 0.29) is 6.04 Å². The van der Waals surface area contributed by atoms with E-state index in [2.05, 4.69) is 46.8 Å². The van der Waals surface area contributed by atoms with Crippen molar-refractivity contribution in [2.24, 2.45) is 0 Å². The van der Waals surface area contributed by atoms with Crippen LogP contribution in [-0.4, -0.2) is 17.2 Å². The van der Waals surface area contributed by atoms with Crippen molar-refractivity contribution in [2.75, 3.05) is 12.4 Å². The minimum atomic E-state index is 0.133. The zero-order chi connectivity index (χ0) is 13.0. The summed E-state index contributed by atoms with van der Waals surface area (Å²) in [6, 6.07) is 8.83. The Morgan fingerprint density at radius 3 is 2.78 bits per heavy atom. The van der Waals surface area contributed by atoms with E-state index >= 15 is 0 Å². The molecule has 1 aromatic heterocycles. The third kappa shape index (κ3) is 2.87. The molecule has 0 aliphatic carbocycles. The Morgan fingerprint density at radius 1 is 1.28 bits per heavy atom. The van der Waals surface area contributed by atoms with E-state index in [9.17, 15) is 0 Å². The Bertz CT molecular complexity index is 509. The summed E-state index contributed by atoms with van der Waals surface area (Å²) < 4.78 is 5.46. The maximum Gasteiger partial charge on any atom is 0.315 e. The fraction of sp³-hybridized carbons (Fsp3) is 0.385. The van der Waals surface area contributed by atoms with Gasteiger partial charge in [0.2, 0.25) is 5.89 Å². The molecule has 2 rings (SSSR count). The lowest BCUT2D eigenvalue weighted by molar-refractivity contribution is 0.486. The first-order chi connectivity index (χ1) is 8.70. The predicted octanol–water partition coefficient (Wildman–Crippen LogP) is 2.27. The number of nitrogens with zero attached hydrogens (tertiary/aromatic N) is 2. The monoisotopic (exact) mass is 246 g/mol. The SMILES string of the molecule is CNCc1nnc(NC(C)c2ccccc2C)o1. The smallest absolute Gasteiger partial charge is 0.315 e. The number of hydrogen-bond acceptors (Lipinski definition) is 5. The van der Waals surface area contributed by atoms with E-state index in [1.807, 2.05) is 19.2 Å². The Kier molecular flexibility index (Phi) is 3.94. The molecule has 2 aromatic rings. The molecule has 0 spiro atoms. The minimum Gasteiger partial charge on any atom is -0.407 e. The second kappa shape index (κ2) is 5.64. The van der Waals surface area contributed by atoms with Gasteiger partial charge in [0.15, 0.2) is 0 Å². The van der Waals surface area contributed by atoms with Crippen molar-refractivity contribution in [3.8, 4) is 0 Å². The predicted molar refractivity (Wildman–Crippen MR) is 70.3 cm³/mol. The number of hydrogen-bond donors (Lipinski definition) is 2. The van der Waals surface area contributed by atoms with Gasteiger partial charge in [-0.1, -0.05) is 29.4 Å². The minimum absolute atomic E-state index is 0.133. The molecule has 1 heterocycles. The van der Waals surface area contributed by atoms with E-state index < -0.39 is 0 Å². The molecule has 5 heteroatoms. The average Bonchev–Trinajstić information content (AvgIpc) is 2.77. The summed E-state index contributed by atoms with van der Waals surface area (Å²) in [4.78, 5) is 0. The number of aryl methyl sites for hydroxylation is 1. The lowest BCUT2D eigenvalue weighted by atomic mass is 10.0. The van der Waals surface area contributed by atoms with Crippen LogP contribution < -0.4 is 10.6 Å². The summed E-state index contributed by atoms with van der Waals surface area (Å²) in [5.74, 6) is 0.581. The van der Waals surface area contributed by atoms with Crippen molar-refractivity contribution < 1.29 is 4.42 Å². The Hall–Kier alpha value is -1.88. The molecular formula is C13H18N4O. The van der Waals surface area contributed by atoms with Crippen molar-refractivity contribution in [1.29, 1.82) is 0 Å². The molecule has 5 nitrogen and oxygen atoms in total. The quantitative estimate of drug-likeness (QED) is 0.847. The van der Waals surface area contributed by atoms with E-state index in [0.717, 1.165) is 0 Å². The second-order valence-electron chi connectivity index (χ2n) is 4.25. The van der Waals surface area contributed by atoms with Gasteiger partial charge in [0.05, 0.1) is 12.6 Å². The lowest BCUT2D eigenvalue weighted by Crippen LogP contribution is -2.08. The molecule has 0 radical (unpaired) electrons. The Morgan fingerprint density at radius 2 is 2.06 bits per heavy atom. The summed E-state index contributed by atoms with van der Waals surface area (Å²) in [6.07, 6.45) is 0. The van der Waals surface area contributed by atoms with Gasteiger partial charge in [0.25, 0.3) is 0 Å². The maximum atomic E-state index is 5.46. The largest absolute Gasteiger partial charge is 0.407 e. The summed E-state index contributed by atoms with van der Waals surface area (Å²) in [5, 5.41) is 14.1. The molecule has 0 aliphatic heterocycles. The topological polar surface area (TPSA) is 63.0 Å². The van der Waals surface area contributed by atoms with Crippen LogP contribution in [0.3, 0.4) is 0 Å². The van der Waals surface area contributed by atoms with Gasteiger partial charge in [0, 0.05) is 0 Å². The first kappa shape index (κ1) is 12.6. The van der Waals surface area contributed by atoms with Crippen LogP contribution >= 0.6 is 0 Å². The van der Waals surface area contributed by atoms with Crippen molar-refractivity contribution in [3.63, 3.8) is 0 Å².